The Labute approximate surface area is 456 Å². The number of nitrogens with one attached hydrogen (secondary N) is 2. The Kier molecular flexibility index (Phi) is 15.9. The molecule has 2 aliphatic rings. The van der Waals surface area contributed by atoms with Gasteiger partial charge in [0, 0.05) is 15.6 Å². The summed E-state index contributed by atoms with van der Waals surface area (Å²) in [6, 6.07) is 66.5. The van der Waals surface area contributed by atoms with Gasteiger partial charge in [-0.25, -0.2) is 14.6 Å². The van der Waals surface area contributed by atoms with Crippen molar-refractivity contribution in [2.75, 3.05) is 22.1 Å². The largest absolute Gasteiger partial charge is 0.450 e. The number of benzene rings is 7. The normalized spacial score (nSPS) is 15.4. The molecule has 0 radical (unpaired) electrons. The molecule has 7 aromatic carbocycles. The van der Waals surface area contributed by atoms with Gasteiger partial charge >= 0.3 is 11.9 Å². The molecule has 0 aliphatic carbocycles. The highest BCUT2D eigenvalue weighted by molar-refractivity contribution is 14.1. The standard InChI is InChI=1S/C60H48IN5O7S2/c61-36-44-38-74-57-51(56(69)66(57)52(44)58(70)73-54(42-26-12-3-13-27-42)43-28-14-4-15-29-43)63-55(68)50(65-71-37-49(67)72-53(40-22-8-1-9-23-40)41-24-10-2-11-25-41)48-39-75-59(62-48)64-60(45-30-16-5-17-31-45,46-32-18-6-19-33-46)47-34-20-7-21-35-47/h1-35,39,51,53-54,57H,36-38H2,(H,62,64)(H,63,68)/t51-,57+/m1/s1. The zero-order valence-corrected chi connectivity index (χ0v) is 43.9. The molecule has 2 N–H and O–H groups in total. The SMILES string of the molecule is O=C(CON=C(C(=O)N[C@@H]1C(=O)N2C(C(=O)OC(c3ccccc3)c3ccccc3)=C(CI)CS[C@@H]12)c1csc(NC(c2ccccc2)(c2ccccc2)c2ccccc2)n1)OC(c1ccccc1)c1ccccc1. The van der Waals surface area contributed by atoms with Gasteiger partial charge in [0.1, 0.15) is 28.3 Å². The van der Waals surface area contributed by atoms with Crippen LogP contribution in [-0.2, 0) is 39.0 Å². The Balaban J connectivity index is 0.943. The van der Waals surface area contributed by atoms with Crippen molar-refractivity contribution in [2.24, 2.45) is 5.16 Å². The molecule has 2 aliphatic heterocycles. The van der Waals surface area contributed by atoms with Crippen molar-refractivity contribution in [3.8, 4) is 0 Å². The van der Waals surface area contributed by atoms with Crippen molar-refractivity contribution >= 4 is 80.3 Å². The van der Waals surface area contributed by atoms with Crippen molar-refractivity contribution in [1.82, 2.24) is 15.2 Å². The van der Waals surface area contributed by atoms with Crippen LogP contribution in [0.4, 0.5) is 5.13 Å². The van der Waals surface area contributed by atoms with E-state index >= 15 is 0 Å². The van der Waals surface area contributed by atoms with E-state index in [4.69, 9.17) is 19.3 Å². The molecule has 3 heterocycles. The summed E-state index contributed by atoms with van der Waals surface area (Å²) in [7, 11) is 0. The molecule has 75 heavy (non-hydrogen) atoms. The molecule has 0 bridgehead atoms. The molecule has 10 rings (SSSR count). The highest BCUT2D eigenvalue weighted by Gasteiger charge is 2.55. The van der Waals surface area contributed by atoms with Gasteiger partial charge in [-0.1, -0.05) is 240 Å². The summed E-state index contributed by atoms with van der Waals surface area (Å²) in [5.74, 6) is -2.25. The number of fused-ring (bicyclic) bond motifs is 1. The third kappa shape index (κ3) is 11.0. The number of rotatable bonds is 19. The summed E-state index contributed by atoms with van der Waals surface area (Å²) in [6.45, 7) is -0.655. The van der Waals surface area contributed by atoms with Crippen LogP contribution in [0.5, 0.6) is 0 Å². The average Bonchev–Trinajstić information content (AvgIpc) is 3.95. The quantitative estimate of drug-likeness (QED) is 0.0152. The topological polar surface area (TPSA) is 149 Å². The van der Waals surface area contributed by atoms with E-state index in [-0.39, 0.29) is 17.1 Å². The van der Waals surface area contributed by atoms with Crippen molar-refractivity contribution in [1.29, 1.82) is 0 Å². The number of nitrogens with zero attached hydrogens (tertiary/aromatic N) is 3. The van der Waals surface area contributed by atoms with E-state index in [2.05, 4.69) is 38.4 Å². The number of alkyl halides is 1. The van der Waals surface area contributed by atoms with E-state index < -0.39 is 59.5 Å². The van der Waals surface area contributed by atoms with Crippen molar-refractivity contribution in [2.45, 2.75) is 29.2 Å². The maximum Gasteiger partial charge on any atom is 0.356 e. The van der Waals surface area contributed by atoms with Gasteiger partial charge in [-0.3, -0.25) is 14.5 Å². The number of carbonyl (C=O) groups is 4. The number of halogens is 1. The number of hydrogen-bond donors (Lipinski definition) is 2. The summed E-state index contributed by atoms with van der Waals surface area (Å²) in [5, 5.41) is 12.4. The fraction of sp³-hybridized carbons (Fsp3) is 0.133. The first kappa shape index (κ1) is 50.7. The third-order valence-electron chi connectivity index (χ3n) is 12.8. The predicted octanol–water partition coefficient (Wildman–Crippen LogP) is 11.0. The highest BCUT2D eigenvalue weighted by atomic mass is 127. The van der Waals surface area contributed by atoms with Gasteiger partial charge in [0.05, 0.1) is 0 Å². The molecule has 0 spiro atoms. The molecule has 12 nitrogen and oxygen atoms in total. The number of β-lactam (4-membered cyclic amide) rings is 1. The summed E-state index contributed by atoms with van der Waals surface area (Å²) in [5.41, 5.74) is 5.66. The van der Waals surface area contributed by atoms with Gasteiger partial charge in [-0.2, -0.15) is 0 Å². The molecular formula is C60H48IN5O7S2. The van der Waals surface area contributed by atoms with E-state index in [9.17, 15) is 19.2 Å². The Morgan fingerprint density at radius 2 is 1.09 bits per heavy atom. The fourth-order valence-corrected chi connectivity index (χ4v) is 12.3. The minimum absolute atomic E-state index is 0.118. The number of hydrogen-bond acceptors (Lipinski definition) is 12. The lowest BCUT2D eigenvalue weighted by atomic mass is 9.77. The van der Waals surface area contributed by atoms with Crippen molar-refractivity contribution in [3.05, 3.63) is 274 Å². The molecule has 0 saturated carbocycles. The number of carbonyl (C=O) groups excluding carboxylic acids is 4. The molecule has 1 saturated heterocycles. The molecule has 0 unspecified atom stereocenters. The van der Waals surface area contributed by atoms with Crippen molar-refractivity contribution in [3.63, 3.8) is 0 Å². The van der Waals surface area contributed by atoms with E-state index in [1.54, 1.807) is 5.38 Å². The summed E-state index contributed by atoms with van der Waals surface area (Å²) < 4.78 is 12.7. The number of oxime groups is 1. The summed E-state index contributed by atoms with van der Waals surface area (Å²) in [4.78, 5) is 69.3. The van der Waals surface area contributed by atoms with Gasteiger partial charge in [-0.05, 0) is 44.5 Å². The van der Waals surface area contributed by atoms with Crippen LogP contribution in [0, 0.1) is 0 Å². The number of amides is 2. The third-order valence-corrected chi connectivity index (χ3v) is 15.8. The van der Waals surface area contributed by atoms with Gasteiger partial charge in [0.15, 0.2) is 23.1 Å². The zero-order valence-electron chi connectivity index (χ0n) is 40.1. The second-order valence-electron chi connectivity index (χ2n) is 17.5. The van der Waals surface area contributed by atoms with E-state index in [0.29, 0.717) is 15.3 Å². The molecule has 1 fully saturated rings. The van der Waals surface area contributed by atoms with Gasteiger partial charge in [0.25, 0.3) is 11.8 Å². The lowest BCUT2D eigenvalue weighted by Crippen LogP contribution is -2.71. The maximum absolute atomic E-state index is 14.8. The second-order valence-corrected chi connectivity index (χ2v) is 20.2. The van der Waals surface area contributed by atoms with Crippen LogP contribution in [0.2, 0.25) is 0 Å². The maximum atomic E-state index is 14.8. The van der Waals surface area contributed by atoms with Crippen LogP contribution >= 0.6 is 45.7 Å². The van der Waals surface area contributed by atoms with Gasteiger partial charge in [-0.15, -0.1) is 23.1 Å². The van der Waals surface area contributed by atoms with Gasteiger partial charge in [0.2, 0.25) is 6.61 Å². The first-order valence-corrected chi connectivity index (χ1v) is 27.5. The second kappa shape index (κ2) is 23.6. The van der Waals surface area contributed by atoms with Crippen LogP contribution in [0.3, 0.4) is 0 Å². The van der Waals surface area contributed by atoms with Crippen LogP contribution in [0.15, 0.2) is 234 Å². The Hall–Kier alpha value is -7.86. The van der Waals surface area contributed by atoms with Crippen LogP contribution in [-0.4, -0.2) is 67.6 Å². The fourth-order valence-electron chi connectivity index (χ4n) is 9.22. The zero-order chi connectivity index (χ0) is 51.6. The molecule has 374 valence electrons. The minimum Gasteiger partial charge on any atom is -0.450 e. The Morgan fingerprint density at radius 1 is 0.653 bits per heavy atom. The molecular weight excluding hydrogens is 1090 g/mol. The average molecular weight is 1140 g/mol. The number of ether oxygens (including phenoxy) is 2. The molecule has 15 heteroatoms. The van der Waals surface area contributed by atoms with E-state index in [0.717, 1.165) is 44.5 Å². The lowest BCUT2D eigenvalue weighted by molar-refractivity contribution is -0.154. The lowest BCUT2D eigenvalue weighted by Gasteiger charge is -2.49. The number of esters is 2. The number of thioether (sulfide) groups is 1. The van der Waals surface area contributed by atoms with Crippen LogP contribution < -0.4 is 10.6 Å². The first-order valence-electron chi connectivity index (χ1n) is 24.1. The molecule has 8 aromatic rings. The molecule has 2 amide bonds. The van der Waals surface area contributed by atoms with Crippen LogP contribution in [0.1, 0.15) is 56.8 Å². The summed E-state index contributed by atoms with van der Waals surface area (Å²) in [6.07, 6.45) is -1.48. The number of thiazole rings is 1. The van der Waals surface area contributed by atoms with Crippen molar-refractivity contribution < 1.29 is 33.5 Å². The summed E-state index contributed by atoms with van der Waals surface area (Å²) >= 11 is 4.87. The number of anilines is 1. The van der Waals surface area contributed by atoms with E-state index in [1.807, 2.05) is 212 Å². The monoisotopic (exact) mass is 1140 g/mol. The Morgan fingerprint density at radius 3 is 1.55 bits per heavy atom. The van der Waals surface area contributed by atoms with E-state index in [1.165, 1.54) is 28.0 Å². The molecule has 1 aromatic heterocycles. The minimum atomic E-state index is -1.06. The smallest absolute Gasteiger partial charge is 0.356 e. The number of aromatic nitrogens is 1. The first-order chi connectivity index (χ1) is 36.8. The Bertz CT molecular complexity index is 3140. The van der Waals surface area contributed by atoms with Crippen LogP contribution in [0.25, 0.3) is 0 Å². The van der Waals surface area contributed by atoms with Gasteiger partial charge < -0.3 is 24.9 Å². The molecule has 2 atom stereocenters. The predicted molar refractivity (Wildman–Crippen MR) is 300 cm³/mol. The highest BCUT2D eigenvalue weighted by Crippen LogP contribution is 2.43.